The highest BCUT2D eigenvalue weighted by Crippen LogP contribution is 2.26. The largest absolute Gasteiger partial charge is 0.468 e. The average molecular weight is 466 g/mol. The Morgan fingerprint density at radius 3 is 2.73 bits per heavy atom. The van der Waals surface area contributed by atoms with Crippen molar-refractivity contribution in [2.75, 3.05) is 25.0 Å². The van der Waals surface area contributed by atoms with Gasteiger partial charge in [0.15, 0.2) is 5.96 Å². The molecule has 1 aliphatic heterocycles. The van der Waals surface area contributed by atoms with E-state index in [4.69, 9.17) is 10.2 Å². The number of aryl methyl sites for hydroxylation is 2. The summed E-state index contributed by atoms with van der Waals surface area (Å²) in [4.78, 5) is 7.03. The second kappa shape index (κ2) is 8.90. The number of nitrogens with two attached hydrogens (primary N) is 1. The van der Waals surface area contributed by atoms with Gasteiger partial charge in [-0.15, -0.1) is 24.0 Å². The molecule has 0 radical (unpaired) electrons. The Morgan fingerprint density at radius 2 is 1.96 bits per heavy atom. The van der Waals surface area contributed by atoms with Gasteiger partial charge in [0.1, 0.15) is 5.76 Å². The Kier molecular flexibility index (Phi) is 6.58. The van der Waals surface area contributed by atoms with Crippen molar-refractivity contribution in [3.8, 4) is 0 Å². The average Bonchev–Trinajstić information content (AvgIpc) is 3.37. The number of aliphatic imine (C=N–C) groups is 1. The maximum absolute atomic E-state index is 6.14. The summed E-state index contributed by atoms with van der Waals surface area (Å²) in [5.74, 6) is 1.43. The van der Waals surface area contributed by atoms with Gasteiger partial charge < -0.3 is 15.5 Å². The number of anilines is 1. The third-order valence-corrected chi connectivity index (χ3v) is 5.26. The van der Waals surface area contributed by atoms with Crippen LogP contribution in [0.2, 0.25) is 0 Å². The molecule has 0 spiro atoms. The number of benzene rings is 1. The SMILES string of the molecule is I.NC(=NCC(c1ccco1)N1CCCC1)Nc1ccc2c(c1)CCC2. The number of guanidine groups is 1. The van der Waals surface area contributed by atoms with Crippen molar-refractivity contribution in [1.29, 1.82) is 0 Å². The molecule has 2 aromatic rings. The molecule has 6 heteroatoms. The molecule has 1 saturated heterocycles. The summed E-state index contributed by atoms with van der Waals surface area (Å²) < 4.78 is 5.64. The van der Waals surface area contributed by atoms with Crippen LogP contribution in [0.3, 0.4) is 0 Å². The first-order chi connectivity index (χ1) is 12.3. The van der Waals surface area contributed by atoms with E-state index in [1.54, 1.807) is 6.26 Å². The van der Waals surface area contributed by atoms with Crippen molar-refractivity contribution in [3.63, 3.8) is 0 Å². The van der Waals surface area contributed by atoms with Crippen LogP contribution in [-0.2, 0) is 12.8 Å². The van der Waals surface area contributed by atoms with Crippen molar-refractivity contribution in [2.45, 2.75) is 38.1 Å². The molecule has 4 rings (SSSR count). The van der Waals surface area contributed by atoms with Crippen molar-refractivity contribution in [2.24, 2.45) is 10.7 Å². The fourth-order valence-electron chi connectivity index (χ4n) is 3.94. The molecule has 1 aromatic heterocycles. The summed E-state index contributed by atoms with van der Waals surface area (Å²) in [5, 5.41) is 3.24. The number of hydrogen-bond acceptors (Lipinski definition) is 3. The highest BCUT2D eigenvalue weighted by molar-refractivity contribution is 14.0. The summed E-state index contributed by atoms with van der Waals surface area (Å²) in [6, 6.07) is 10.6. The lowest BCUT2D eigenvalue weighted by Gasteiger charge is -2.24. The van der Waals surface area contributed by atoms with E-state index in [0.717, 1.165) is 31.0 Å². The number of furan rings is 1. The number of likely N-dealkylation sites (tertiary alicyclic amines) is 1. The summed E-state index contributed by atoms with van der Waals surface area (Å²) in [5.41, 5.74) is 10.1. The van der Waals surface area contributed by atoms with E-state index in [9.17, 15) is 0 Å². The zero-order valence-electron chi connectivity index (χ0n) is 15.0. The van der Waals surface area contributed by atoms with Gasteiger partial charge >= 0.3 is 0 Å². The fraction of sp³-hybridized carbons (Fsp3) is 0.450. The Hall–Kier alpha value is -1.54. The maximum atomic E-state index is 6.14. The van der Waals surface area contributed by atoms with Crippen LogP contribution in [0.1, 0.15) is 42.2 Å². The Balaban J connectivity index is 0.00000196. The molecule has 1 unspecified atom stereocenters. The summed E-state index contributed by atoms with van der Waals surface area (Å²) in [6.45, 7) is 2.80. The molecule has 2 heterocycles. The lowest BCUT2D eigenvalue weighted by atomic mass is 10.1. The van der Waals surface area contributed by atoms with Gasteiger partial charge in [0.2, 0.25) is 0 Å². The molecule has 1 atom stereocenters. The molecule has 0 amide bonds. The molecular weight excluding hydrogens is 439 g/mol. The van der Waals surface area contributed by atoms with E-state index >= 15 is 0 Å². The highest BCUT2D eigenvalue weighted by atomic mass is 127. The van der Waals surface area contributed by atoms with Gasteiger partial charge in [-0.05, 0) is 80.6 Å². The Bertz CT molecular complexity index is 738. The van der Waals surface area contributed by atoms with Crippen molar-refractivity contribution < 1.29 is 4.42 Å². The van der Waals surface area contributed by atoms with Gasteiger partial charge in [-0.2, -0.15) is 0 Å². The number of hydrogen-bond donors (Lipinski definition) is 2. The van der Waals surface area contributed by atoms with E-state index in [2.05, 4.69) is 33.4 Å². The third kappa shape index (κ3) is 4.40. The number of nitrogens with one attached hydrogen (secondary N) is 1. The number of nitrogens with zero attached hydrogens (tertiary/aromatic N) is 2. The van der Waals surface area contributed by atoms with Crippen molar-refractivity contribution in [1.82, 2.24) is 4.90 Å². The zero-order valence-corrected chi connectivity index (χ0v) is 17.3. The van der Waals surface area contributed by atoms with E-state index in [1.165, 1.54) is 36.8 Å². The molecule has 0 bridgehead atoms. The van der Waals surface area contributed by atoms with E-state index < -0.39 is 0 Å². The van der Waals surface area contributed by atoms with Gasteiger partial charge in [-0.1, -0.05) is 6.07 Å². The van der Waals surface area contributed by atoms with Crippen LogP contribution in [-0.4, -0.2) is 30.5 Å². The predicted molar refractivity (Wildman–Crippen MR) is 116 cm³/mol. The minimum atomic E-state index is 0. The normalized spacial score (nSPS) is 18.4. The Morgan fingerprint density at radius 1 is 1.15 bits per heavy atom. The molecule has 1 aliphatic carbocycles. The highest BCUT2D eigenvalue weighted by Gasteiger charge is 2.25. The van der Waals surface area contributed by atoms with Crippen LogP contribution >= 0.6 is 24.0 Å². The van der Waals surface area contributed by atoms with Crippen molar-refractivity contribution >= 4 is 35.6 Å². The third-order valence-electron chi connectivity index (χ3n) is 5.26. The van der Waals surface area contributed by atoms with Crippen LogP contribution < -0.4 is 11.1 Å². The van der Waals surface area contributed by atoms with Gasteiger partial charge in [0, 0.05) is 5.69 Å². The number of halogens is 1. The first-order valence-corrected chi connectivity index (χ1v) is 9.26. The predicted octanol–water partition coefficient (Wildman–Crippen LogP) is 3.95. The molecule has 1 aromatic carbocycles. The lowest BCUT2D eigenvalue weighted by molar-refractivity contribution is 0.221. The summed E-state index contributed by atoms with van der Waals surface area (Å²) in [6.07, 6.45) is 7.82. The van der Waals surface area contributed by atoms with Crippen LogP contribution in [0.15, 0.2) is 46.0 Å². The smallest absolute Gasteiger partial charge is 0.193 e. The fourth-order valence-corrected chi connectivity index (χ4v) is 3.94. The monoisotopic (exact) mass is 466 g/mol. The van der Waals surface area contributed by atoms with E-state index in [1.807, 2.05) is 12.1 Å². The van der Waals surface area contributed by atoms with Gasteiger partial charge in [0.25, 0.3) is 0 Å². The quantitative estimate of drug-likeness (QED) is 0.398. The molecule has 3 N–H and O–H groups in total. The van der Waals surface area contributed by atoms with E-state index in [0.29, 0.717) is 12.5 Å². The van der Waals surface area contributed by atoms with E-state index in [-0.39, 0.29) is 30.0 Å². The number of rotatable bonds is 5. The molecule has 5 nitrogen and oxygen atoms in total. The minimum Gasteiger partial charge on any atom is -0.468 e. The molecular formula is C20H27IN4O. The Labute approximate surface area is 172 Å². The first-order valence-electron chi connectivity index (χ1n) is 9.26. The summed E-state index contributed by atoms with van der Waals surface area (Å²) in [7, 11) is 0. The van der Waals surface area contributed by atoms with Gasteiger partial charge in [-0.25, -0.2) is 0 Å². The van der Waals surface area contributed by atoms with Gasteiger partial charge in [0.05, 0.1) is 18.8 Å². The zero-order chi connectivity index (χ0) is 17.1. The maximum Gasteiger partial charge on any atom is 0.193 e. The first kappa shape index (κ1) is 19.2. The topological polar surface area (TPSA) is 66.8 Å². The summed E-state index contributed by atoms with van der Waals surface area (Å²) >= 11 is 0. The molecule has 26 heavy (non-hydrogen) atoms. The minimum absolute atomic E-state index is 0. The molecule has 140 valence electrons. The second-order valence-corrected chi connectivity index (χ2v) is 6.96. The van der Waals surface area contributed by atoms with Crippen LogP contribution in [0, 0.1) is 0 Å². The number of fused-ring (bicyclic) bond motifs is 1. The standard InChI is InChI=1S/C20H26N4O.HI/c21-20(23-17-9-8-15-5-3-6-16(15)13-17)22-14-18(19-7-4-12-25-19)24-10-1-2-11-24;/h4,7-9,12-13,18H,1-3,5-6,10-11,14H2,(H3,21,22,23);1H. The van der Waals surface area contributed by atoms with Crippen LogP contribution in [0.4, 0.5) is 5.69 Å². The second-order valence-electron chi connectivity index (χ2n) is 6.96. The lowest BCUT2D eigenvalue weighted by Crippen LogP contribution is -2.30. The van der Waals surface area contributed by atoms with Crippen molar-refractivity contribution in [3.05, 3.63) is 53.5 Å². The molecule has 0 saturated carbocycles. The molecule has 2 aliphatic rings. The van der Waals surface area contributed by atoms with Crippen LogP contribution in [0.25, 0.3) is 0 Å². The van der Waals surface area contributed by atoms with Gasteiger partial charge in [-0.3, -0.25) is 9.89 Å². The van der Waals surface area contributed by atoms with Crippen LogP contribution in [0.5, 0.6) is 0 Å². The molecule has 1 fully saturated rings.